The minimum absolute atomic E-state index is 0.919. The summed E-state index contributed by atoms with van der Waals surface area (Å²) >= 11 is 1.24. The molecule has 0 bridgehead atoms. The zero-order valence-electron chi connectivity index (χ0n) is 6.78. The fraction of sp³-hybridized carbons (Fsp3) is 1.00. The van der Waals surface area contributed by atoms with Crippen LogP contribution in [-0.2, 0) is 0 Å². The maximum atomic E-state index is 2.33. The van der Waals surface area contributed by atoms with Crippen LogP contribution in [0.5, 0.6) is 0 Å². The van der Waals surface area contributed by atoms with E-state index in [9.17, 15) is 0 Å². The second-order valence-corrected chi connectivity index (χ2v) is 26.0. The van der Waals surface area contributed by atoms with Crippen molar-refractivity contribution in [3.05, 3.63) is 0 Å². The molecule has 0 N–H and O–H groups in total. The molecule has 0 aromatic heterocycles. The SMILES string of the molecule is CC[S][Sb]([S]C)[S]C1CCS1. The third kappa shape index (κ3) is 4.30. The van der Waals surface area contributed by atoms with Gasteiger partial charge in [0.2, 0.25) is 0 Å². The van der Waals surface area contributed by atoms with Gasteiger partial charge < -0.3 is 0 Å². The van der Waals surface area contributed by atoms with E-state index in [2.05, 4.69) is 51.5 Å². The third-order valence-corrected chi connectivity index (χ3v) is 29.6. The van der Waals surface area contributed by atoms with Gasteiger partial charge in [-0.25, -0.2) is 0 Å². The van der Waals surface area contributed by atoms with Gasteiger partial charge in [-0.1, -0.05) is 0 Å². The Bertz CT molecular complexity index is 107. The normalized spacial score (nSPS) is 23.7. The first-order valence-electron chi connectivity index (χ1n) is 3.62. The molecular weight excluding hydrogens is 322 g/mol. The van der Waals surface area contributed by atoms with Crippen LogP contribution >= 0.6 is 38.3 Å². The molecule has 0 amide bonds. The van der Waals surface area contributed by atoms with Crippen LogP contribution in [0, 0.1) is 0 Å². The average molecular weight is 335 g/mol. The van der Waals surface area contributed by atoms with Gasteiger partial charge in [0.1, 0.15) is 0 Å². The first kappa shape index (κ1) is 11.3. The molecular formula is C6H13S4Sb. The summed E-state index contributed by atoms with van der Waals surface area (Å²) in [7, 11) is 6.75. The second-order valence-electron chi connectivity index (χ2n) is 2.02. The van der Waals surface area contributed by atoms with Crippen LogP contribution in [0.1, 0.15) is 13.3 Å². The van der Waals surface area contributed by atoms with E-state index in [1.54, 1.807) is 0 Å². The molecule has 1 unspecified atom stereocenters. The first-order valence-corrected chi connectivity index (χ1v) is 17.0. The van der Waals surface area contributed by atoms with Crippen molar-refractivity contribution < 1.29 is 0 Å². The topological polar surface area (TPSA) is 0 Å². The first-order chi connectivity index (χ1) is 5.36. The Morgan fingerprint density at radius 1 is 1.64 bits per heavy atom. The van der Waals surface area contributed by atoms with Crippen LogP contribution < -0.4 is 0 Å². The van der Waals surface area contributed by atoms with E-state index in [1.807, 2.05) is 0 Å². The molecule has 1 heterocycles. The Morgan fingerprint density at radius 2 is 2.36 bits per heavy atom. The van der Waals surface area contributed by atoms with Gasteiger partial charge >= 0.3 is 90.0 Å². The Labute approximate surface area is 89.0 Å². The summed E-state index contributed by atoms with van der Waals surface area (Å²) in [5.41, 5.74) is 0. The van der Waals surface area contributed by atoms with Gasteiger partial charge in [-0.05, 0) is 0 Å². The Balaban J connectivity index is 2.08. The maximum absolute atomic E-state index is 2.33. The van der Waals surface area contributed by atoms with Crippen molar-refractivity contribution in [2.75, 3.05) is 17.8 Å². The van der Waals surface area contributed by atoms with E-state index in [0.29, 0.717) is 0 Å². The fourth-order valence-corrected chi connectivity index (χ4v) is 28.1. The molecule has 5 heteroatoms. The molecule has 1 atom stereocenters. The van der Waals surface area contributed by atoms with Gasteiger partial charge in [0.15, 0.2) is 0 Å². The summed E-state index contributed by atoms with van der Waals surface area (Å²) in [5, 5.41) is 0. The van der Waals surface area contributed by atoms with Crippen molar-refractivity contribution in [2.45, 2.75) is 17.9 Å². The summed E-state index contributed by atoms with van der Waals surface area (Å²) in [6.07, 6.45) is 3.77. The van der Waals surface area contributed by atoms with E-state index in [4.69, 9.17) is 0 Å². The Hall–Kier alpha value is 2.22. The average Bonchev–Trinajstić information content (AvgIpc) is 1.94. The van der Waals surface area contributed by atoms with Crippen molar-refractivity contribution >= 4 is 54.3 Å². The zero-order chi connectivity index (χ0) is 8.10. The number of thioether (sulfide) groups is 1. The third-order valence-electron chi connectivity index (χ3n) is 1.24. The van der Waals surface area contributed by atoms with Crippen LogP contribution in [-0.4, -0.2) is 38.3 Å². The van der Waals surface area contributed by atoms with Crippen molar-refractivity contribution in [1.82, 2.24) is 0 Å². The quantitative estimate of drug-likeness (QED) is 0.707. The molecule has 1 saturated heterocycles. The molecule has 0 saturated carbocycles. The molecule has 11 heavy (non-hydrogen) atoms. The molecule has 0 radical (unpaired) electrons. The Kier molecular flexibility index (Phi) is 6.82. The van der Waals surface area contributed by atoms with Crippen molar-refractivity contribution in [3.8, 4) is 0 Å². The zero-order valence-corrected chi connectivity index (χ0v) is 12.6. The second kappa shape index (κ2) is 6.64. The molecule has 1 aliphatic rings. The molecule has 0 aromatic rings. The van der Waals surface area contributed by atoms with Crippen LogP contribution in [0.4, 0.5) is 0 Å². The van der Waals surface area contributed by atoms with Gasteiger partial charge in [-0.2, -0.15) is 0 Å². The molecule has 0 nitrogen and oxygen atoms in total. The monoisotopic (exact) mass is 334 g/mol. The van der Waals surface area contributed by atoms with Gasteiger partial charge in [-0.3, -0.25) is 0 Å². The van der Waals surface area contributed by atoms with Crippen LogP contribution in [0.25, 0.3) is 0 Å². The predicted molar refractivity (Wildman–Crippen MR) is 65.9 cm³/mol. The molecule has 0 aromatic carbocycles. The number of hydrogen-bond donors (Lipinski definition) is 0. The van der Waals surface area contributed by atoms with E-state index < -0.39 is 16.0 Å². The summed E-state index contributed by atoms with van der Waals surface area (Å²) in [6, 6.07) is 0. The van der Waals surface area contributed by atoms with E-state index in [1.165, 1.54) is 17.9 Å². The molecule has 1 rings (SSSR count). The number of rotatable bonds is 5. The Morgan fingerprint density at radius 3 is 2.73 bits per heavy atom. The summed E-state index contributed by atoms with van der Waals surface area (Å²) in [6.45, 7) is 2.28. The van der Waals surface area contributed by atoms with Gasteiger partial charge in [0.25, 0.3) is 0 Å². The van der Waals surface area contributed by atoms with Gasteiger partial charge in [0, 0.05) is 0 Å². The van der Waals surface area contributed by atoms with Crippen molar-refractivity contribution in [3.63, 3.8) is 0 Å². The van der Waals surface area contributed by atoms with E-state index in [-0.39, 0.29) is 0 Å². The van der Waals surface area contributed by atoms with E-state index >= 15 is 0 Å². The molecule has 1 aliphatic heterocycles. The molecule has 1 fully saturated rings. The minimum atomic E-state index is -0.919. The van der Waals surface area contributed by atoms with Crippen molar-refractivity contribution in [2.24, 2.45) is 0 Å². The number of hydrogen-bond acceptors (Lipinski definition) is 4. The van der Waals surface area contributed by atoms with Gasteiger partial charge in [-0.15, -0.1) is 0 Å². The fourth-order valence-electron chi connectivity index (χ4n) is 0.625. The van der Waals surface area contributed by atoms with Crippen LogP contribution in [0.2, 0.25) is 0 Å². The van der Waals surface area contributed by atoms with Crippen molar-refractivity contribution in [1.29, 1.82) is 0 Å². The summed E-state index contributed by atoms with van der Waals surface area (Å²) in [5.74, 6) is 2.74. The molecule has 0 aliphatic carbocycles. The predicted octanol–water partition coefficient (Wildman–Crippen LogP) is 3.28. The standard InChI is InChI=1S/C3H6S2.C2H6S.CH4S.Sb/c4-3-1-2-5-3;1-2-3;1-2;/h3-4H,1-2H2;3H,2H2,1H3;2H,1H3;/q;;;+3/p-3. The molecule has 66 valence electrons. The van der Waals surface area contributed by atoms with E-state index in [0.717, 1.165) is 4.58 Å². The molecule has 0 spiro atoms. The summed E-state index contributed by atoms with van der Waals surface area (Å²) in [4.78, 5) is 0. The van der Waals surface area contributed by atoms with Gasteiger partial charge in [0.05, 0.1) is 0 Å². The summed E-state index contributed by atoms with van der Waals surface area (Å²) < 4.78 is 0.990. The van der Waals surface area contributed by atoms with Crippen LogP contribution in [0.3, 0.4) is 0 Å². The van der Waals surface area contributed by atoms with Crippen LogP contribution in [0.15, 0.2) is 0 Å².